The van der Waals surface area contributed by atoms with Gasteiger partial charge in [0.2, 0.25) is 0 Å². The summed E-state index contributed by atoms with van der Waals surface area (Å²) in [5.74, 6) is 1.79. The second kappa shape index (κ2) is 7.50. The van der Waals surface area contributed by atoms with Crippen LogP contribution in [0.25, 0.3) is 5.69 Å². The molecule has 3 heterocycles. The molecule has 0 saturated carbocycles. The molecule has 4 rings (SSSR count). The van der Waals surface area contributed by atoms with E-state index in [1.165, 1.54) is 49.3 Å². The molecular weight excluding hydrogens is 376 g/mol. The Balaban J connectivity index is 1.77. The number of hydrogen-bond acceptors (Lipinski definition) is 3. The SMILES string of the molecule is CCN1CCCC(c2nn(-c3cccc(Br)c3)c3c2CCCCN3)C1. The Bertz CT molecular complexity index is 739. The summed E-state index contributed by atoms with van der Waals surface area (Å²) >= 11 is 3.60. The van der Waals surface area contributed by atoms with Crippen LogP contribution in [0.5, 0.6) is 0 Å². The zero-order valence-electron chi connectivity index (χ0n) is 15.0. The largest absolute Gasteiger partial charge is 0.370 e. The van der Waals surface area contributed by atoms with Crippen molar-refractivity contribution < 1.29 is 0 Å². The van der Waals surface area contributed by atoms with E-state index in [2.05, 4.69) is 62.0 Å². The van der Waals surface area contributed by atoms with E-state index in [1.807, 2.05) is 0 Å². The van der Waals surface area contributed by atoms with Crippen LogP contribution in [0, 0.1) is 0 Å². The zero-order valence-corrected chi connectivity index (χ0v) is 16.6. The Morgan fingerprint density at radius 3 is 3.04 bits per heavy atom. The van der Waals surface area contributed by atoms with Crippen LogP contribution in [0.3, 0.4) is 0 Å². The van der Waals surface area contributed by atoms with E-state index < -0.39 is 0 Å². The van der Waals surface area contributed by atoms with Gasteiger partial charge in [0.1, 0.15) is 5.82 Å². The van der Waals surface area contributed by atoms with Gasteiger partial charge in [-0.1, -0.05) is 28.9 Å². The fourth-order valence-corrected chi connectivity index (χ4v) is 4.60. The molecule has 0 bridgehead atoms. The molecular formula is C20H27BrN4. The number of hydrogen-bond donors (Lipinski definition) is 1. The monoisotopic (exact) mass is 402 g/mol. The summed E-state index contributed by atoms with van der Waals surface area (Å²) in [7, 11) is 0. The molecule has 0 spiro atoms. The highest BCUT2D eigenvalue weighted by Gasteiger charge is 2.29. The highest BCUT2D eigenvalue weighted by atomic mass is 79.9. The van der Waals surface area contributed by atoms with Crippen molar-refractivity contribution in [2.24, 2.45) is 0 Å². The lowest BCUT2D eigenvalue weighted by Gasteiger charge is -2.31. The smallest absolute Gasteiger partial charge is 0.133 e. The number of fused-ring (bicyclic) bond motifs is 1. The molecule has 1 atom stereocenters. The molecule has 0 aliphatic carbocycles. The number of piperidine rings is 1. The Kier molecular flexibility index (Phi) is 5.13. The van der Waals surface area contributed by atoms with E-state index in [0.717, 1.165) is 36.2 Å². The Morgan fingerprint density at radius 1 is 1.28 bits per heavy atom. The number of nitrogens with zero attached hydrogens (tertiary/aromatic N) is 3. The molecule has 1 N–H and O–H groups in total. The predicted molar refractivity (Wildman–Crippen MR) is 107 cm³/mol. The van der Waals surface area contributed by atoms with Crippen LogP contribution >= 0.6 is 15.9 Å². The quantitative estimate of drug-likeness (QED) is 0.814. The summed E-state index contributed by atoms with van der Waals surface area (Å²) in [6.45, 7) is 6.84. The molecule has 2 aliphatic heterocycles. The molecule has 1 aromatic carbocycles. The van der Waals surface area contributed by atoms with Gasteiger partial charge in [0.05, 0.1) is 11.4 Å². The Labute approximate surface area is 158 Å². The van der Waals surface area contributed by atoms with Crippen molar-refractivity contribution in [1.29, 1.82) is 0 Å². The second-order valence-electron chi connectivity index (χ2n) is 7.22. The zero-order chi connectivity index (χ0) is 17.2. The van der Waals surface area contributed by atoms with Crippen molar-refractivity contribution >= 4 is 21.7 Å². The lowest BCUT2D eigenvalue weighted by Crippen LogP contribution is -2.34. The highest BCUT2D eigenvalue weighted by Crippen LogP contribution is 2.35. The Morgan fingerprint density at radius 2 is 2.20 bits per heavy atom. The number of anilines is 1. The maximum atomic E-state index is 5.14. The number of likely N-dealkylation sites (N-methyl/N-ethyl adjacent to an activating group) is 1. The molecule has 4 nitrogen and oxygen atoms in total. The van der Waals surface area contributed by atoms with Crippen molar-refractivity contribution in [3.63, 3.8) is 0 Å². The van der Waals surface area contributed by atoms with Crippen molar-refractivity contribution in [2.45, 2.75) is 44.9 Å². The summed E-state index contributed by atoms with van der Waals surface area (Å²) in [6, 6.07) is 8.46. The summed E-state index contributed by atoms with van der Waals surface area (Å²) < 4.78 is 3.24. The van der Waals surface area contributed by atoms with Gasteiger partial charge in [-0.2, -0.15) is 5.10 Å². The fourth-order valence-electron chi connectivity index (χ4n) is 4.22. The molecule has 2 aromatic rings. The lowest BCUT2D eigenvalue weighted by molar-refractivity contribution is 0.215. The van der Waals surface area contributed by atoms with E-state index in [9.17, 15) is 0 Å². The first-order valence-electron chi connectivity index (χ1n) is 9.60. The molecule has 0 radical (unpaired) electrons. The third kappa shape index (κ3) is 3.49. The Hall–Kier alpha value is -1.33. The summed E-state index contributed by atoms with van der Waals surface area (Å²) in [6.07, 6.45) is 6.18. The number of likely N-dealkylation sites (tertiary alicyclic amines) is 1. The van der Waals surface area contributed by atoms with Gasteiger partial charge in [-0.3, -0.25) is 0 Å². The van der Waals surface area contributed by atoms with Crippen molar-refractivity contribution in [3.8, 4) is 5.69 Å². The minimum Gasteiger partial charge on any atom is -0.370 e. The van der Waals surface area contributed by atoms with Crippen LogP contribution in [0.15, 0.2) is 28.7 Å². The lowest BCUT2D eigenvalue weighted by atomic mass is 9.91. The summed E-state index contributed by atoms with van der Waals surface area (Å²) in [4.78, 5) is 2.57. The van der Waals surface area contributed by atoms with Crippen LogP contribution in [-0.4, -0.2) is 40.9 Å². The van der Waals surface area contributed by atoms with Crippen LogP contribution in [0.2, 0.25) is 0 Å². The van der Waals surface area contributed by atoms with E-state index in [1.54, 1.807) is 0 Å². The first-order chi connectivity index (χ1) is 12.3. The molecule has 25 heavy (non-hydrogen) atoms. The molecule has 1 saturated heterocycles. The molecule has 1 fully saturated rings. The minimum absolute atomic E-state index is 0.566. The predicted octanol–water partition coefficient (Wildman–Crippen LogP) is 4.58. The second-order valence-corrected chi connectivity index (χ2v) is 8.14. The van der Waals surface area contributed by atoms with Gasteiger partial charge in [0.25, 0.3) is 0 Å². The number of rotatable bonds is 3. The molecule has 5 heteroatoms. The summed E-state index contributed by atoms with van der Waals surface area (Å²) in [5.41, 5.74) is 3.93. The van der Waals surface area contributed by atoms with Crippen LogP contribution < -0.4 is 5.32 Å². The van der Waals surface area contributed by atoms with Crippen molar-refractivity contribution in [2.75, 3.05) is 31.5 Å². The molecule has 1 unspecified atom stereocenters. The van der Waals surface area contributed by atoms with E-state index in [0.29, 0.717) is 5.92 Å². The molecule has 2 aliphatic rings. The maximum absolute atomic E-state index is 5.14. The van der Waals surface area contributed by atoms with Gasteiger partial charge in [-0.25, -0.2) is 4.68 Å². The number of aromatic nitrogens is 2. The minimum atomic E-state index is 0.566. The van der Waals surface area contributed by atoms with Crippen LogP contribution in [0.1, 0.15) is 49.8 Å². The average molecular weight is 403 g/mol. The first kappa shape index (κ1) is 17.1. The molecule has 1 aromatic heterocycles. The van der Waals surface area contributed by atoms with Gasteiger partial charge in [0.15, 0.2) is 0 Å². The van der Waals surface area contributed by atoms with Crippen molar-refractivity contribution in [1.82, 2.24) is 14.7 Å². The third-order valence-corrected chi connectivity index (χ3v) is 6.05. The van der Waals surface area contributed by atoms with Gasteiger partial charge >= 0.3 is 0 Å². The van der Waals surface area contributed by atoms with Gasteiger partial charge < -0.3 is 10.2 Å². The van der Waals surface area contributed by atoms with E-state index in [4.69, 9.17) is 5.10 Å². The fraction of sp³-hybridized carbons (Fsp3) is 0.550. The van der Waals surface area contributed by atoms with Crippen LogP contribution in [0.4, 0.5) is 5.82 Å². The standard InChI is InChI=1S/C20H27BrN4/c1-2-24-12-6-7-15(14-24)19-18-10-3-4-11-22-20(18)25(23-19)17-9-5-8-16(21)13-17/h5,8-9,13,15,22H,2-4,6-7,10-12,14H2,1H3. The normalized spacial score (nSPS) is 21.4. The molecule has 134 valence electrons. The van der Waals surface area contributed by atoms with Gasteiger partial charge in [-0.05, 0) is 63.4 Å². The van der Waals surface area contributed by atoms with E-state index in [-0.39, 0.29) is 0 Å². The summed E-state index contributed by atoms with van der Waals surface area (Å²) in [5, 5.41) is 8.81. The average Bonchev–Trinajstić information content (AvgIpc) is 2.83. The number of benzene rings is 1. The van der Waals surface area contributed by atoms with Crippen molar-refractivity contribution in [3.05, 3.63) is 40.0 Å². The van der Waals surface area contributed by atoms with Gasteiger partial charge in [0, 0.05) is 29.0 Å². The number of halogens is 1. The van der Waals surface area contributed by atoms with Gasteiger partial charge in [-0.15, -0.1) is 0 Å². The van der Waals surface area contributed by atoms with Crippen LogP contribution in [-0.2, 0) is 6.42 Å². The third-order valence-electron chi connectivity index (χ3n) is 5.55. The first-order valence-corrected chi connectivity index (χ1v) is 10.4. The van der Waals surface area contributed by atoms with E-state index >= 15 is 0 Å². The number of nitrogens with one attached hydrogen (secondary N) is 1. The highest BCUT2D eigenvalue weighted by molar-refractivity contribution is 9.10. The maximum Gasteiger partial charge on any atom is 0.133 e. The molecule has 0 amide bonds. The topological polar surface area (TPSA) is 33.1 Å².